The fraction of sp³-hybridized carbons (Fsp3) is 0.273. The first-order valence-electron chi connectivity index (χ1n) is 5.00. The molecular weight excluding hydrogens is 254 g/mol. The average Bonchev–Trinajstić information content (AvgIpc) is 2.96. The molecule has 15 heavy (non-hydrogen) atoms. The van der Waals surface area contributed by atoms with Crippen molar-refractivity contribution in [3.8, 4) is 11.4 Å². The van der Waals surface area contributed by atoms with Crippen molar-refractivity contribution in [2.75, 3.05) is 0 Å². The molecule has 4 heteroatoms. The van der Waals surface area contributed by atoms with E-state index >= 15 is 0 Å². The number of benzene rings is 1. The minimum absolute atomic E-state index is 0.619. The molecule has 0 spiro atoms. The van der Waals surface area contributed by atoms with Gasteiger partial charge in [-0.25, -0.2) is 0 Å². The number of halogens is 1. The highest BCUT2D eigenvalue weighted by Crippen LogP contribution is 2.37. The smallest absolute Gasteiger partial charge is 0.164 e. The molecule has 0 radical (unpaired) electrons. The molecule has 76 valence electrons. The second kappa shape index (κ2) is 3.45. The maximum atomic E-state index is 4.18. The van der Waals surface area contributed by atoms with Crippen LogP contribution >= 0.6 is 15.9 Å². The Morgan fingerprint density at radius 3 is 2.93 bits per heavy atom. The van der Waals surface area contributed by atoms with E-state index in [2.05, 4.69) is 42.8 Å². The van der Waals surface area contributed by atoms with Gasteiger partial charge in [0.2, 0.25) is 0 Å². The maximum absolute atomic E-state index is 4.18. The predicted molar refractivity (Wildman–Crippen MR) is 61.4 cm³/mol. The monoisotopic (exact) mass is 263 g/mol. The molecule has 0 atom stereocenters. The molecule has 1 aromatic carbocycles. The lowest BCUT2D eigenvalue weighted by Gasteiger charge is -2.04. The van der Waals surface area contributed by atoms with Crippen LogP contribution in [0.5, 0.6) is 0 Å². The summed E-state index contributed by atoms with van der Waals surface area (Å²) in [6.07, 6.45) is 4.33. The Balaban J connectivity index is 2.07. The molecule has 3 rings (SSSR count). The highest BCUT2D eigenvalue weighted by molar-refractivity contribution is 9.10. The number of hydrogen-bond acceptors (Lipinski definition) is 2. The Hall–Kier alpha value is -1.16. The Morgan fingerprint density at radius 1 is 1.33 bits per heavy atom. The van der Waals surface area contributed by atoms with Gasteiger partial charge >= 0.3 is 0 Å². The summed E-state index contributed by atoms with van der Waals surface area (Å²) < 4.78 is 3.24. The van der Waals surface area contributed by atoms with Crippen molar-refractivity contribution in [2.24, 2.45) is 0 Å². The lowest BCUT2D eigenvalue weighted by Crippen LogP contribution is -1.95. The molecule has 1 fully saturated rings. The van der Waals surface area contributed by atoms with Crippen LogP contribution in [0.3, 0.4) is 0 Å². The fourth-order valence-corrected chi connectivity index (χ4v) is 2.10. The minimum Gasteiger partial charge on any atom is -0.310 e. The Labute approximate surface area is 96.3 Å². The van der Waals surface area contributed by atoms with Crippen molar-refractivity contribution in [1.29, 1.82) is 0 Å². The van der Waals surface area contributed by atoms with Crippen LogP contribution in [-0.4, -0.2) is 14.8 Å². The van der Waals surface area contributed by atoms with Crippen LogP contribution in [0, 0.1) is 0 Å². The molecular formula is C11H10BrN3. The lowest BCUT2D eigenvalue weighted by atomic mass is 10.2. The first kappa shape index (κ1) is 9.09. The van der Waals surface area contributed by atoms with Crippen LogP contribution in [-0.2, 0) is 0 Å². The normalized spacial score (nSPS) is 15.5. The van der Waals surface area contributed by atoms with Gasteiger partial charge in [-0.3, -0.25) is 0 Å². The van der Waals surface area contributed by atoms with Crippen molar-refractivity contribution >= 4 is 15.9 Å². The van der Waals surface area contributed by atoms with Crippen LogP contribution < -0.4 is 0 Å². The van der Waals surface area contributed by atoms with Crippen molar-refractivity contribution in [2.45, 2.75) is 18.9 Å². The Morgan fingerprint density at radius 2 is 2.20 bits per heavy atom. The molecule has 1 saturated carbocycles. The predicted octanol–water partition coefficient (Wildman–Crippen LogP) is 3.04. The first-order valence-corrected chi connectivity index (χ1v) is 5.79. The van der Waals surface area contributed by atoms with Gasteiger partial charge in [-0.1, -0.05) is 28.1 Å². The second-order valence-electron chi connectivity index (χ2n) is 3.80. The van der Waals surface area contributed by atoms with E-state index in [4.69, 9.17) is 0 Å². The van der Waals surface area contributed by atoms with Gasteiger partial charge < -0.3 is 4.57 Å². The molecule has 0 bridgehead atoms. The van der Waals surface area contributed by atoms with Crippen LogP contribution in [0.2, 0.25) is 0 Å². The summed E-state index contributed by atoms with van der Waals surface area (Å²) in [5.74, 6) is 0.971. The minimum atomic E-state index is 0.619. The molecule has 0 N–H and O–H groups in total. The van der Waals surface area contributed by atoms with E-state index < -0.39 is 0 Å². The summed E-state index contributed by atoms with van der Waals surface area (Å²) in [5, 5.41) is 8.17. The second-order valence-corrected chi connectivity index (χ2v) is 4.72. The summed E-state index contributed by atoms with van der Waals surface area (Å²) in [6.45, 7) is 0. The molecule has 0 saturated heterocycles. The van der Waals surface area contributed by atoms with Gasteiger partial charge in [-0.05, 0) is 25.0 Å². The quantitative estimate of drug-likeness (QED) is 0.834. The van der Waals surface area contributed by atoms with Crippen molar-refractivity contribution in [3.63, 3.8) is 0 Å². The number of aromatic nitrogens is 3. The van der Waals surface area contributed by atoms with Crippen molar-refractivity contribution in [3.05, 3.63) is 35.1 Å². The van der Waals surface area contributed by atoms with Crippen molar-refractivity contribution < 1.29 is 0 Å². The third-order valence-electron chi connectivity index (χ3n) is 2.60. The molecule has 0 unspecified atom stereocenters. The summed E-state index contributed by atoms with van der Waals surface area (Å²) >= 11 is 3.47. The molecule has 0 amide bonds. The van der Waals surface area contributed by atoms with Crippen LogP contribution in [0.1, 0.15) is 18.9 Å². The van der Waals surface area contributed by atoms with Gasteiger partial charge in [0.05, 0.1) is 0 Å². The SMILES string of the molecule is Brc1cccc(-c2nncn2C2CC2)c1. The van der Waals surface area contributed by atoms with Gasteiger partial charge in [0.15, 0.2) is 5.82 Å². The van der Waals surface area contributed by atoms with Crippen molar-refractivity contribution in [1.82, 2.24) is 14.8 Å². The molecule has 1 aliphatic rings. The molecule has 1 aliphatic carbocycles. The van der Waals surface area contributed by atoms with E-state index in [9.17, 15) is 0 Å². The summed E-state index contributed by atoms with van der Waals surface area (Å²) in [6, 6.07) is 8.79. The van der Waals surface area contributed by atoms with Gasteiger partial charge in [0, 0.05) is 16.1 Å². The third kappa shape index (κ3) is 1.69. The standard InChI is InChI=1S/C11H10BrN3/c12-9-3-1-2-8(6-9)11-14-13-7-15(11)10-4-5-10/h1-3,6-7,10H,4-5H2. The zero-order chi connectivity index (χ0) is 10.3. The van der Waals surface area contributed by atoms with Crippen LogP contribution in [0.25, 0.3) is 11.4 Å². The van der Waals surface area contributed by atoms with E-state index in [0.29, 0.717) is 6.04 Å². The van der Waals surface area contributed by atoms with Gasteiger partial charge in [-0.2, -0.15) is 0 Å². The highest BCUT2D eigenvalue weighted by atomic mass is 79.9. The van der Waals surface area contributed by atoms with Gasteiger partial charge in [0.25, 0.3) is 0 Å². The first-order chi connectivity index (χ1) is 7.34. The van der Waals surface area contributed by atoms with E-state index in [-0.39, 0.29) is 0 Å². The molecule has 3 nitrogen and oxygen atoms in total. The van der Waals surface area contributed by atoms with E-state index in [1.807, 2.05) is 18.5 Å². The summed E-state index contributed by atoms with van der Waals surface area (Å²) in [5.41, 5.74) is 1.12. The van der Waals surface area contributed by atoms with E-state index in [1.165, 1.54) is 12.8 Å². The topological polar surface area (TPSA) is 30.7 Å². The average molecular weight is 264 g/mol. The molecule has 0 aliphatic heterocycles. The molecule has 1 heterocycles. The Bertz CT molecular complexity index is 488. The van der Waals surface area contributed by atoms with Gasteiger partial charge in [-0.15, -0.1) is 10.2 Å². The van der Waals surface area contributed by atoms with Crippen LogP contribution in [0.15, 0.2) is 35.1 Å². The number of hydrogen-bond donors (Lipinski definition) is 0. The van der Waals surface area contributed by atoms with E-state index in [1.54, 1.807) is 0 Å². The third-order valence-corrected chi connectivity index (χ3v) is 3.09. The summed E-state index contributed by atoms with van der Waals surface area (Å²) in [4.78, 5) is 0. The highest BCUT2D eigenvalue weighted by Gasteiger charge is 2.26. The summed E-state index contributed by atoms with van der Waals surface area (Å²) in [7, 11) is 0. The number of rotatable bonds is 2. The zero-order valence-corrected chi connectivity index (χ0v) is 9.68. The largest absolute Gasteiger partial charge is 0.310 e. The fourth-order valence-electron chi connectivity index (χ4n) is 1.70. The maximum Gasteiger partial charge on any atom is 0.164 e. The zero-order valence-electron chi connectivity index (χ0n) is 8.10. The number of nitrogens with zero attached hydrogens (tertiary/aromatic N) is 3. The molecule has 1 aromatic heterocycles. The molecule has 2 aromatic rings. The lowest BCUT2D eigenvalue weighted by molar-refractivity contribution is 0.746. The Kier molecular flexibility index (Phi) is 2.09. The van der Waals surface area contributed by atoms with E-state index in [0.717, 1.165) is 15.9 Å². The van der Waals surface area contributed by atoms with Crippen LogP contribution in [0.4, 0.5) is 0 Å². The van der Waals surface area contributed by atoms with Gasteiger partial charge in [0.1, 0.15) is 6.33 Å².